The molecule has 3 aromatic rings. The Kier molecular flexibility index (Phi) is 5.26. The topological polar surface area (TPSA) is 94.2 Å². The molecule has 1 aromatic carbocycles. The molecule has 1 aliphatic rings. The Balaban J connectivity index is 1.42. The van der Waals surface area contributed by atoms with Gasteiger partial charge < -0.3 is 10.2 Å². The van der Waals surface area contributed by atoms with Crippen LogP contribution in [0.5, 0.6) is 0 Å². The number of carbonyl (C=O) groups is 2. The normalized spacial score (nSPS) is 13.9. The molecule has 29 heavy (non-hydrogen) atoms. The summed E-state index contributed by atoms with van der Waals surface area (Å²) in [5, 5.41) is 9.87. The molecule has 1 aliphatic heterocycles. The van der Waals surface area contributed by atoms with Crippen molar-refractivity contribution in [1.29, 1.82) is 0 Å². The fraction of sp³-hybridized carbons (Fsp3) is 0.263. The minimum Gasteiger partial charge on any atom is -0.347 e. The van der Waals surface area contributed by atoms with Gasteiger partial charge in [-0.1, -0.05) is 23.5 Å². The quantitative estimate of drug-likeness (QED) is 0.648. The van der Waals surface area contributed by atoms with Crippen molar-refractivity contribution in [2.24, 2.45) is 0 Å². The van der Waals surface area contributed by atoms with Crippen molar-refractivity contribution in [2.45, 2.75) is 20.0 Å². The Labute approximate surface area is 170 Å². The maximum absolute atomic E-state index is 13.1. The van der Waals surface area contributed by atoms with E-state index in [9.17, 15) is 14.0 Å². The van der Waals surface area contributed by atoms with Gasteiger partial charge >= 0.3 is 6.03 Å². The van der Waals surface area contributed by atoms with Gasteiger partial charge in [0.2, 0.25) is 0 Å². The van der Waals surface area contributed by atoms with E-state index in [0.29, 0.717) is 41.9 Å². The number of aryl methyl sites for hydroxylation is 1. The molecule has 4 rings (SSSR count). The third kappa shape index (κ3) is 4.11. The highest BCUT2D eigenvalue weighted by Crippen LogP contribution is 2.29. The predicted molar refractivity (Wildman–Crippen MR) is 106 cm³/mol. The molecule has 1 saturated heterocycles. The van der Waals surface area contributed by atoms with E-state index < -0.39 is 0 Å². The van der Waals surface area contributed by atoms with Gasteiger partial charge in [0.25, 0.3) is 5.91 Å². The van der Waals surface area contributed by atoms with Gasteiger partial charge in [-0.05, 0) is 24.6 Å². The third-order valence-electron chi connectivity index (χ3n) is 4.61. The second-order valence-corrected chi connectivity index (χ2v) is 7.66. The van der Waals surface area contributed by atoms with Gasteiger partial charge in [0, 0.05) is 37.9 Å². The summed E-state index contributed by atoms with van der Waals surface area (Å²) in [6.45, 7) is 3.54. The Morgan fingerprint density at radius 3 is 2.79 bits per heavy atom. The summed E-state index contributed by atoms with van der Waals surface area (Å²) in [4.78, 5) is 33.4. The monoisotopic (exact) mass is 414 g/mol. The number of nitrogens with one attached hydrogen (secondary N) is 2. The molecular weight excluding hydrogens is 395 g/mol. The van der Waals surface area contributed by atoms with Gasteiger partial charge in [-0.3, -0.25) is 14.8 Å². The summed E-state index contributed by atoms with van der Waals surface area (Å²) in [7, 11) is 0. The first-order chi connectivity index (χ1) is 14.0. The molecule has 10 heteroatoms. The van der Waals surface area contributed by atoms with E-state index in [2.05, 4.69) is 20.5 Å². The van der Waals surface area contributed by atoms with Crippen LogP contribution in [0.2, 0.25) is 0 Å². The van der Waals surface area contributed by atoms with E-state index in [1.807, 2.05) is 0 Å². The maximum Gasteiger partial charge on any atom is 0.326 e. The van der Waals surface area contributed by atoms with Crippen LogP contribution in [0.4, 0.5) is 14.3 Å². The van der Waals surface area contributed by atoms with E-state index in [1.165, 1.54) is 23.5 Å². The molecular formula is C19H19FN6O2S. The van der Waals surface area contributed by atoms with E-state index in [1.54, 1.807) is 41.2 Å². The first-order valence-corrected chi connectivity index (χ1v) is 9.87. The summed E-state index contributed by atoms with van der Waals surface area (Å²) >= 11 is 1.20. The molecule has 0 unspecified atom stereocenters. The second kappa shape index (κ2) is 8.00. The lowest BCUT2D eigenvalue weighted by Gasteiger charge is -2.16. The molecule has 150 valence electrons. The van der Waals surface area contributed by atoms with Crippen molar-refractivity contribution >= 4 is 28.4 Å². The SMILES string of the molecule is Cc1nc(N2CCN(Cc3ccc(F)cc3)C2=O)sc1C(=O)NCc1cn[nH]c1. The molecule has 3 amide bonds. The number of aromatic amines is 1. The number of urea groups is 1. The number of hydrogen-bond acceptors (Lipinski definition) is 5. The molecule has 0 bridgehead atoms. The second-order valence-electron chi connectivity index (χ2n) is 6.68. The van der Waals surface area contributed by atoms with E-state index >= 15 is 0 Å². The molecule has 3 heterocycles. The summed E-state index contributed by atoms with van der Waals surface area (Å²) < 4.78 is 13.1. The van der Waals surface area contributed by atoms with Crippen molar-refractivity contribution in [3.05, 3.63) is 64.2 Å². The van der Waals surface area contributed by atoms with Crippen molar-refractivity contribution in [3.8, 4) is 0 Å². The summed E-state index contributed by atoms with van der Waals surface area (Å²) in [6, 6.07) is 5.93. The molecule has 1 fully saturated rings. The zero-order valence-corrected chi connectivity index (χ0v) is 16.5. The number of anilines is 1. The molecule has 0 spiro atoms. The van der Waals surface area contributed by atoms with E-state index in [-0.39, 0.29) is 17.8 Å². The van der Waals surface area contributed by atoms with Gasteiger partial charge in [0.05, 0.1) is 11.9 Å². The summed E-state index contributed by atoms with van der Waals surface area (Å²) in [6.07, 6.45) is 3.35. The minimum atomic E-state index is -0.306. The van der Waals surface area contributed by atoms with Crippen LogP contribution >= 0.6 is 11.3 Å². The minimum absolute atomic E-state index is 0.173. The van der Waals surface area contributed by atoms with Crippen LogP contribution in [0.1, 0.15) is 26.5 Å². The first-order valence-electron chi connectivity index (χ1n) is 9.05. The van der Waals surface area contributed by atoms with Gasteiger partial charge in [-0.25, -0.2) is 14.2 Å². The molecule has 8 nitrogen and oxygen atoms in total. The molecule has 0 saturated carbocycles. The lowest BCUT2D eigenvalue weighted by atomic mass is 10.2. The largest absolute Gasteiger partial charge is 0.347 e. The number of amides is 3. The predicted octanol–water partition coefficient (Wildman–Crippen LogP) is 2.69. The fourth-order valence-electron chi connectivity index (χ4n) is 3.06. The smallest absolute Gasteiger partial charge is 0.326 e. The Bertz CT molecular complexity index is 1020. The Morgan fingerprint density at radius 2 is 2.07 bits per heavy atom. The number of thiazole rings is 1. The van der Waals surface area contributed by atoms with Crippen molar-refractivity contribution in [2.75, 3.05) is 18.0 Å². The van der Waals surface area contributed by atoms with E-state index in [0.717, 1.165) is 11.1 Å². The van der Waals surface area contributed by atoms with Crippen molar-refractivity contribution in [3.63, 3.8) is 0 Å². The average molecular weight is 414 g/mol. The highest BCUT2D eigenvalue weighted by molar-refractivity contribution is 7.17. The maximum atomic E-state index is 13.1. The number of rotatable bonds is 6. The van der Waals surface area contributed by atoms with Crippen LogP contribution in [0.15, 0.2) is 36.7 Å². The van der Waals surface area contributed by atoms with Crippen LogP contribution in [0.3, 0.4) is 0 Å². The molecule has 2 N–H and O–H groups in total. The van der Waals surface area contributed by atoms with Crippen molar-refractivity contribution < 1.29 is 14.0 Å². The summed E-state index contributed by atoms with van der Waals surface area (Å²) in [5.41, 5.74) is 2.31. The van der Waals surface area contributed by atoms with Gasteiger partial charge in [-0.2, -0.15) is 5.10 Å². The Morgan fingerprint density at radius 1 is 1.28 bits per heavy atom. The molecule has 0 atom stereocenters. The Hall–Kier alpha value is -3.27. The van der Waals surface area contributed by atoms with E-state index in [4.69, 9.17) is 0 Å². The first kappa shape index (κ1) is 19.1. The lowest BCUT2D eigenvalue weighted by molar-refractivity contribution is 0.0954. The number of carbonyl (C=O) groups excluding carboxylic acids is 2. The van der Waals surface area contributed by atoms with Crippen molar-refractivity contribution in [1.82, 2.24) is 25.4 Å². The molecule has 0 radical (unpaired) electrons. The zero-order chi connectivity index (χ0) is 20.4. The number of benzene rings is 1. The number of hydrogen-bond donors (Lipinski definition) is 2. The number of aromatic nitrogens is 3. The third-order valence-corrected chi connectivity index (χ3v) is 5.79. The average Bonchev–Trinajstić information content (AvgIpc) is 3.43. The fourth-order valence-corrected chi connectivity index (χ4v) is 4.07. The van der Waals surface area contributed by atoms with Crippen LogP contribution < -0.4 is 10.2 Å². The lowest BCUT2D eigenvalue weighted by Crippen LogP contribution is -2.31. The van der Waals surface area contributed by atoms with Gasteiger partial charge in [-0.15, -0.1) is 0 Å². The summed E-state index contributed by atoms with van der Waals surface area (Å²) in [5.74, 6) is -0.540. The molecule has 2 aromatic heterocycles. The van der Waals surface area contributed by atoms with Crippen LogP contribution in [-0.4, -0.2) is 45.1 Å². The molecule has 0 aliphatic carbocycles. The highest BCUT2D eigenvalue weighted by Gasteiger charge is 2.32. The van der Waals surface area contributed by atoms with Gasteiger partial charge in [0.15, 0.2) is 5.13 Å². The van der Waals surface area contributed by atoms with Crippen LogP contribution in [0, 0.1) is 12.7 Å². The highest BCUT2D eigenvalue weighted by atomic mass is 32.1. The van der Waals surface area contributed by atoms with Crippen LogP contribution in [0.25, 0.3) is 0 Å². The van der Waals surface area contributed by atoms with Crippen LogP contribution in [-0.2, 0) is 13.1 Å². The number of H-pyrrole nitrogens is 1. The zero-order valence-electron chi connectivity index (χ0n) is 15.7. The number of nitrogens with zero attached hydrogens (tertiary/aromatic N) is 4. The van der Waals surface area contributed by atoms with Gasteiger partial charge in [0.1, 0.15) is 10.7 Å². The number of halogens is 1. The standard InChI is InChI=1S/C19H19FN6O2S/c1-12-16(17(27)21-8-14-9-22-23-10-14)29-18(24-12)26-7-6-25(19(26)28)11-13-2-4-15(20)5-3-13/h2-5,9-10H,6-8,11H2,1H3,(H,21,27)(H,22,23).